The summed E-state index contributed by atoms with van der Waals surface area (Å²) in [6, 6.07) is 12.9. The van der Waals surface area contributed by atoms with Crippen molar-refractivity contribution in [1.82, 2.24) is 9.21 Å². The lowest BCUT2D eigenvalue weighted by Crippen LogP contribution is -2.50. The fourth-order valence-electron chi connectivity index (χ4n) is 3.21. The zero-order chi connectivity index (χ0) is 21.0. The van der Waals surface area contributed by atoms with Crippen LogP contribution in [0, 0.1) is 11.3 Å². The molecule has 1 fully saturated rings. The molecule has 9 heteroatoms. The summed E-state index contributed by atoms with van der Waals surface area (Å²) in [5, 5.41) is 9.20. The first kappa shape index (κ1) is 20.6. The zero-order valence-electron chi connectivity index (χ0n) is 16.2. The molecule has 0 bridgehead atoms. The molecule has 0 atom stereocenters. The van der Waals surface area contributed by atoms with Crippen molar-refractivity contribution >= 4 is 15.9 Å². The van der Waals surface area contributed by atoms with Gasteiger partial charge in [-0.2, -0.15) is 9.57 Å². The predicted octanol–water partition coefficient (Wildman–Crippen LogP) is 1.72. The number of benzene rings is 2. The fraction of sp³-hybridized carbons (Fsp3) is 0.300. The Morgan fingerprint density at radius 2 is 1.66 bits per heavy atom. The van der Waals surface area contributed by atoms with Gasteiger partial charge in [-0.15, -0.1) is 0 Å². The molecule has 1 aliphatic rings. The largest absolute Gasteiger partial charge is 0.493 e. The van der Waals surface area contributed by atoms with E-state index >= 15 is 0 Å². The van der Waals surface area contributed by atoms with E-state index in [1.807, 2.05) is 6.07 Å². The van der Waals surface area contributed by atoms with Gasteiger partial charge in [-0.05, 0) is 30.3 Å². The highest BCUT2D eigenvalue weighted by atomic mass is 32.2. The first-order valence-corrected chi connectivity index (χ1v) is 10.4. The summed E-state index contributed by atoms with van der Waals surface area (Å²) in [7, 11) is -0.790. The van der Waals surface area contributed by atoms with Gasteiger partial charge in [0.25, 0.3) is 5.91 Å². The number of carbonyl (C=O) groups excluding carboxylic acids is 1. The minimum atomic E-state index is -3.80. The minimum Gasteiger partial charge on any atom is -0.493 e. The second-order valence-electron chi connectivity index (χ2n) is 6.37. The van der Waals surface area contributed by atoms with Crippen molar-refractivity contribution < 1.29 is 22.7 Å². The van der Waals surface area contributed by atoms with Crippen molar-refractivity contribution in [2.45, 2.75) is 4.90 Å². The first-order valence-electron chi connectivity index (χ1n) is 8.93. The van der Waals surface area contributed by atoms with Crippen LogP contribution in [0.4, 0.5) is 0 Å². The summed E-state index contributed by atoms with van der Waals surface area (Å²) < 4.78 is 37.5. The van der Waals surface area contributed by atoms with Crippen LogP contribution in [0.1, 0.15) is 15.9 Å². The summed E-state index contributed by atoms with van der Waals surface area (Å²) in [6.45, 7) is 0.810. The Morgan fingerprint density at radius 3 is 2.28 bits per heavy atom. The van der Waals surface area contributed by atoms with E-state index in [1.165, 1.54) is 30.7 Å². The standard InChI is InChI=1S/C20H21N3O5S/c1-27-17-8-7-15(13-18(17)28-2)20(24)22-9-11-23(12-10-22)29(25,26)19-6-4-3-5-16(19)14-21/h3-8,13H,9-12H2,1-2H3. The SMILES string of the molecule is COc1ccc(C(=O)N2CCN(S(=O)(=O)c3ccccc3C#N)CC2)cc1OC. The molecule has 0 aliphatic carbocycles. The van der Waals surface area contributed by atoms with E-state index in [0.29, 0.717) is 17.1 Å². The van der Waals surface area contributed by atoms with Crippen molar-refractivity contribution in [1.29, 1.82) is 5.26 Å². The number of nitrogens with zero attached hydrogens (tertiary/aromatic N) is 3. The van der Waals surface area contributed by atoms with Gasteiger partial charge in [0, 0.05) is 31.7 Å². The highest BCUT2D eigenvalue weighted by Crippen LogP contribution is 2.28. The maximum Gasteiger partial charge on any atom is 0.254 e. The smallest absolute Gasteiger partial charge is 0.254 e. The van der Waals surface area contributed by atoms with Crippen molar-refractivity contribution in [2.75, 3.05) is 40.4 Å². The van der Waals surface area contributed by atoms with Gasteiger partial charge in [0.05, 0.1) is 24.7 Å². The first-order chi connectivity index (χ1) is 13.9. The summed E-state index contributed by atoms with van der Waals surface area (Å²) in [6.07, 6.45) is 0. The lowest BCUT2D eigenvalue weighted by atomic mass is 10.1. The van der Waals surface area contributed by atoms with Gasteiger partial charge in [-0.1, -0.05) is 12.1 Å². The quantitative estimate of drug-likeness (QED) is 0.737. The Morgan fingerprint density at radius 1 is 1.00 bits per heavy atom. The van der Waals surface area contributed by atoms with E-state index < -0.39 is 10.0 Å². The lowest BCUT2D eigenvalue weighted by molar-refractivity contribution is 0.0697. The van der Waals surface area contributed by atoms with E-state index in [0.717, 1.165) is 0 Å². The molecule has 1 amide bonds. The number of carbonyl (C=O) groups is 1. The Bertz CT molecular complexity index is 1050. The molecular formula is C20H21N3O5S. The summed E-state index contributed by atoms with van der Waals surface area (Å²) in [5.74, 6) is 0.768. The molecule has 0 N–H and O–H groups in total. The van der Waals surface area contributed by atoms with E-state index in [4.69, 9.17) is 9.47 Å². The normalized spacial score (nSPS) is 14.9. The molecule has 0 saturated carbocycles. The van der Waals surface area contributed by atoms with Crippen LogP contribution >= 0.6 is 0 Å². The average molecular weight is 415 g/mol. The number of sulfonamides is 1. The number of ether oxygens (including phenoxy) is 2. The van der Waals surface area contributed by atoms with Gasteiger partial charge in [0.2, 0.25) is 10.0 Å². The van der Waals surface area contributed by atoms with Crippen molar-refractivity contribution in [3.8, 4) is 17.6 Å². The van der Waals surface area contributed by atoms with Crippen LogP contribution in [0.5, 0.6) is 11.5 Å². The second kappa shape index (κ2) is 8.51. The molecule has 0 aromatic heterocycles. The van der Waals surface area contributed by atoms with Crippen LogP contribution in [-0.2, 0) is 10.0 Å². The molecule has 0 spiro atoms. The number of amides is 1. The average Bonchev–Trinajstić information content (AvgIpc) is 2.78. The van der Waals surface area contributed by atoms with Crippen LogP contribution in [0.25, 0.3) is 0 Å². The van der Waals surface area contributed by atoms with E-state index in [-0.39, 0.29) is 42.5 Å². The molecule has 8 nitrogen and oxygen atoms in total. The highest BCUT2D eigenvalue weighted by molar-refractivity contribution is 7.89. The van der Waals surface area contributed by atoms with Crippen LogP contribution in [0.2, 0.25) is 0 Å². The molecule has 1 aliphatic heterocycles. The topological polar surface area (TPSA) is 99.9 Å². The number of hydrogen-bond acceptors (Lipinski definition) is 6. The molecular weight excluding hydrogens is 394 g/mol. The fourth-order valence-corrected chi connectivity index (χ4v) is 4.77. The number of nitriles is 1. The van der Waals surface area contributed by atoms with Crippen molar-refractivity contribution in [3.63, 3.8) is 0 Å². The van der Waals surface area contributed by atoms with Crippen LogP contribution in [0.3, 0.4) is 0 Å². The number of methoxy groups -OCH3 is 2. The maximum atomic E-state index is 12.9. The number of rotatable bonds is 5. The van der Waals surface area contributed by atoms with E-state index in [2.05, 4.69) is 0 Å². The van der Waals surface area contributed by atoms with Crippen molar-refractivity contribution in [3.05, 3.63) is 53.6 Å². The summed E-state index contributed by atoms with van der Waals surface area (Å²) in [5.41, 5.74) is 0.546. The number of piperazine rings is 1. The lowest BCUT2D eigenvalue weighted by Gasteiger charge is -2.34. The molecule has 2 aromatic carbocycles. The van der Waals surface area contributed by atoms with Crippen molar-refractivity contribution in [2.24, 2.45) is 0 Å². The predicted molar refractivity (Wildman–Crippen MR) is 105 cm³/mol. The Hall–Kier alpha value is -3.09. The summed E-state index contributed by atoms with van der Waals surface area (Å²) in [4.78, 5) is 14.4. The van der Waals surface area contributed by atoms with E-state index in [1.54, 1.807) is 35.2 Å². The molecule has 29 heavy (non-hydrogen) atoms. The third kappa shape index (κ3) is 4.04. The Labute approximate surface area is 169 Å². The minimum absolute atomic E-state index is 0.0119. The molecule has 0 unspecified atom stereocenters. The van der Waals surface area contributed by atoms with E-state index in [9.17, 15) is 18.5 Å². The summed E-state index contributed by atoms with van der Waals surface area (Å²) >= 11 is 0. The molecule has 0 radical (unpaired) electrons. The molecule has 152 valence electrons. The van der Waals surface area contributed by atoms with Crippen LogP contribution in [-0.4, -0.2) is 63.9 Å². The molecule has 1 heterocycles. The second-order valence-corrected chi connectivity index (χ2v) is 8.28. The highest BCUT2D eigenvalue weighted by Gasteiger charge is 2.32. The zero-order valence-corrected chi connectivity index (χ0v) is 17.0. The third-order valence-corrected chi connectivity index (χ3v) is 6.74. The van der Waals surface area contributed by atoms with Gasteiger partial charge in [-0.25, -0.2) is 8.42 Å². The van der Waals surface area contributed by atoms with Gasteiger partial charge >= 0.3 is 0 Å². The van der Waals surface area contributed by atoms with Crippen LogP contribution < -0.4 is 9.47 Å². The Balaban J connectivity index is 1.73. The molecule has 1 saturated heterocycles. The monoisotopic (exact) mass is 415 g/mol. The maximum absolute atomic E-state index is 12.9. The third-order valence-electron chi connectivity index (χ3n) is 4.78. The molecule has 2 aromatic rings. The van der Waals surface area contributed by atoms with Gasteiger partial charge in [0.15, 0.2) is 11.5 Å². The van der Waals surface area contributed by atoms with Gasteiger partial charge in [-0.3, -0.25) is 4.79 Å². The molecule has 3 rings (SSSR count). The Kier molecular flexibility index (Phi) is 6.06. The van der Waals surface area contributed by atoms with Crippen LogP contribution in [0.15, 0.2) is 47.4 Å². The number of hydrogen-bond donors (Lipinski definition) is 0. The van der Waals surface area contributed by atoms with Gasteiger partial charge < -0.3 is 14.4 Å². The van der Waals surface area contributed by atoms with Gasteiger partial charge in [0.1, 0.15) is 6.07 Å².